The Kier molecular flexibility index (Phi) is 3.65. The smallest absolute Gasteiger partial charge is 0.271 e. The number of pyridine rings is 1. The van der Waals surface area contributed by atoms with Crippen LogP contribution in [0.3, 0.4) is 0 Å². The number of nitrogens with one attached hydrogen (secondary N) is 1. The molecule has 1 aromatic heterocycles. The molecule has 0 bridgehead atoms. The maximum absolute atomic E-state index is 12.6. The second-order valence-corrected chi connectivity index (χ2v) is 3.09. The molecule has 0 saturated carbocycles. The van der Waals surface area contributed by atoms with Crippen LogP contribution >= 0.6 is 0 Å². The molecule has 3 nitrogen and oxygen atoms in total. The highest BCUT2D eigenvalue weighted by Crippen LogP contribution is 2.34. The van der Waals surface area contributed by atoms with E-state index >= 15 is 0 Å². The first-order valence-electron chi connectivity index (χ1n) is 4.48. The first kappa shape index (κ1) is 11.9. The SMILES string of the molecule is CCC(NN)c1cnccc1C(F)(F)F. The first-order valence-corrected chi connectivity index (χ1v) is 4.48. The van der Waals surface area contributed by atoms with Gasteiger partial charge in [0.15, 0.2) is 0 Å². The molecule has 0 radical (unpaired) electrons. The summed E-state index contributed by atoms with van der Waals surface area (Å²) in [5.41, 5.74) is 1.73. The number of hydrogen-bond acceptors (Lipinski definition) is 3. The predicted octanol–water partition coefficient (Wildman–Crippen LogP) is 2.01. The highest BCUT2D eigenvalue weighted by molar-refractivity contribution is 5.29. The Morgan fingerprint density at radius 3 is 2.67 bits per heavy atom. The Balaban J connectivity index is 3.17. The van der Waals surface area contributed by atoms with Crippen molar-refractivity contribution in [3.63, 3.8) is 0 Å². The minimum Gasteiger partial charge on any atom is -0.271 e. The van der Waals surface area contributed by atoms with Crippen molar-refractivity contribution in [3.05, 3.63) is 29.6 Å². The van der Waals surface area contributed by atoms with Gasteiger partial charge in [0.05, 0.1) is 5.56 Å². The van der Waals surface area contributed by atoms with Crippen molar-refractivity contribution >= 4 is 0 Å². The quantitative estimate of drug-likeness (QED) is 0.604. The van der Waals surface area contributed by atoms with Crippen LogP contribution in [0.4, 0.5) is 13.2 Å². The van der Waals surface area contributed by atoms with E-state index < -0.39 is 17.8 Å². The van der Waals surface area contributed by atoms with E-state index in [1.165, 1.54) is 6.20 Å². The summed E-state index contributed by atoms with van der Waals surface area (Å²) in [6.07, 6.45) is -1.60. The minimum absolute atomic E-state index is 0.0787. The molecule has 15 heavy (non-hydrogen) atoms. The third kappa shape index (κ3) is 2.66. The van der Waals surface area contributed by atoms with Gasteiger partial charge in [-0.2, -0.15) is 13.2 Å². The fourth-order valence-electron chi connectivity index (χ4n) is 1.37. The van der Waals surface area contributed by atoms with Crippen LogP contribution in [0.25, 0.3) is 0 Å². The molecular weight excluding hydrogens is 207 g/mol. The van der Waals surface area contributed by atoms with Crippen LogP contribution in [-0.4, -0.2) is 4.98 Å². The van der Waals surface area contributed by atoms with Crippen LogP contribution < -0.4 is 11.3 Å². The second-order valence-electron chi connectivity index (χ2n) is 3.09. The molecule has 1 rings (SSSR count). The molecule has 0 amide bonds. The maximum Gasteiger partial charge on any atom is 0.416 e. The number of nitrogens with zero attached hydrogens (tertiary/aromatic N) is 1. The summed E-state index contributed by atoms with van der Waals surface area (Å²) in [4.78, 5) is 3.68. The van der Waals surface area contributed by atoms with Crippen LogP contribution in [0.1, 0.15) is 30.5 Å². The number of rotatable bonds is 3. The average Bonchev–Trinajstić information content (AvgIpc) is 2.19. The highest BCUT2D eigenvalue weighted by atomic mass is 19.4. The van der Waals surface area contributed by atoms with E-state index in [0.717, 1.165) is 12.3 Å². The zero-order chi connectivity index (χ0) is 11.5. The molecule has 0 aliphatic carbocycles. The molecule has 0 aromatic carbocycles. The summed E-state index contributed by atoms with van der Waals surface area (Å²) in [5.74, 6) is 5.18. The Hall–Kier alpha value is -1.14. The lowest BCUT2D eigenvalue weighted by molar-refractivity contribution is -0.138. The molecular formula is C9H12F3N3. The minimum atomic E-state index is -4.37. The van der Waals surface area contributed by atoms with Gasteiger partial charge in [-0.15, -0.1) is 0 Å². The van der Waals surface area contributed by atoms with Crippen LogP contribution in [-0.2, 0) is 6.18 Å². The van der Waals surface area contributed by atoms with Gasteiger partial charge in [-0.25, -0.2) is 0 Å². The van der Waals surface area contributed by atoms with E-state index in [4.69, 9.17) is 5.84 Å². The number of hydrazine groups is 1. The van der Waals surface area contributed by atoms with E-state index in [0.29, 0.717) is 6.42 Å². The van der Waals surface area contributed by atoms with Crippen molar-refractivity contribution in [1.82, 2.24) is 10.4 Å². The monoisotopic (exact) mass is 219 g/mol. The number of hydrogen-bond donors (Lipinski definition) is 2. The van der Waals surface area contributed by atoms with E-state index in [2.05, 4.69) is 10.4 Å². The number of nitrogens with two attached hydrogens (primary N) is 1. The molecule has 0 aliphatic heterocycles. The number of aromatic nitrogens is 1. The fraction of sp³-hybridized carbons (Fsp3) is 0.444. The van der Waals surface area contributed by atoms with Crippen LogP contribution in [0.2, 0.25) is 0 Å². The molecule has 0 saturated heterocycles. The van der Waals surface area contributed by atoms with Crippen molar-refractivity contribution in [2.75, 3.05) is 0 Å². The Morgan fingerprint density at radius 2 is 2.20 bits per heavy atom. The Morgan fingerprint density at radius 1 is 1.53 bits per heavy atom. The normalized spacial score (nSPS) is 13.9. The van der Waals surface area contributed by atoms with E-state index in [1.54, 1.807) is 6.92 Å². The summed E-state index contributed by atoms with van der Waals surface area (Å²) >= 11 is 0. The first-order chi connectivity index (χ1) is 7.00. The van der Waals surface area contributed by atoms with Gasteiger partial charge in [0.2, 0.25) is 0 Å². The third-order valence-electron chi connectivity index (χ3n) is 2.14. The molecule has 1 aromatic rings. The van der Waals surface area contributed by atoms with Crippen LogP contribution in [0, 0.1) is 0 Å². The van der Waals surface area contributed by atoms with Gasteiger partial charge in [-0.1, -0.05) is 6.92 Å². The topological polar surface area (TPSA) is 50.9 Å². The lowest BCUT2D eigenvalue weighted by Gasteiger charge is -2.18. The predicted molar refractivity (Wildman–Crippen MR) is 49.6 cm³/mol. The standard InChI is InChI=1S/C9H12F3N3/c1-2-8(15-13)6-5-14-4-3-7(6)9(10,11)12/h3-5,8,15H,2,13H2,1H3. The highest BCUT2D eigenvalue weighted by Gasteiger charge is 2.34. The second kappa shape index (κ2) is 4.59. The summed E-state index contributed by atoms with van der Waals surface area (Å²) in [6, 6.07) is 0.422. The van der Waals surface area contributed by atoms with Crippen molar-refractivity contribution in [2.45, 2.75) is 25.6 Å². The Bertz CT molecular complexity index is 321. The molecule has 0 spiro atoms. The molecule has 84 valence electrons. The summed E-state index contributed by atoms with van der Waals surface area (Å²) in [6.45, 7) is 1.75. The van der Waals surface area contributed by atoms with Gasteiger partial charge in [0.1, 0.15) is 0 Å². The molecule has 1 atom stereocenters. The molecule has 1 heterocycles. The fourth-order valence-corrected chi connectivity index (χ4v) is 1.37. The van der Waals surface area contributed by atoms with Gasteiger partial charge < -0.3 is 0 Å². The number of alkyl halides is 3. The third-order valence-corrected chi connectivity index (χ3v) is 2.14. The zero-order valence-corrected chi connectivity index (χ0v) is 8.17. The summed E-state index contributed by atoms with van der Waals surface area (Å²) < 4.78 is 37.8. The molecule has 0 fully saturated rings. The van der Waals surface area contributed by atoms with Crippen LogP contribution in [0.15, 0.2) is 18.5 Å². The zero-order valence-electron chi connectivity index (χ0n) is 8.17. The van der Waals surface area contributed by atoms with Gasteiger partial charge in [-0.3, -0.25) is 16.3 Å². The average molecular weight is 219 g/mol. The van der Waals surface area contributed by atoms with Gasteiger partial charge in [0.25, 0.3) is 0 Å². The van der Waals surface area contributed by atoms with Gasteiger partial charge in [0, 0.05) is 24.0 Å². The lowest BCUT2D eigenvalue weighted by atomic mass is 10.0. The lowest BCUT2D eigenvalue weighted by Crippen LogP contribution is -2.29. The largest absolute Gasteiger partial charge is 0.416 e. The van der Waals surface area contributed by atoms with E-state index in [1.807, 2.05) is 0 Å². The Labute approximate surface area is 85.5 Å². The summed E-state index contributed by atoms with van der Waals surface area (Å²) in [5, 5.41) is 0. The molecule has 3 N–H and O–H groups in total. The van der Waals surface area contributed by atoms with Gasteiger partial charge in [-0.05, 0) is 12.5 Å². The number of halogens is 3. The van der Waals surface area contributed by atoms with Crippen molar-refractivity contribution in [2.24, 2.45) is 5.84 Å². The molecule has 0 aliphatic rings. The van der Waals surface area contributed by atoms with Crippen molar-refractivity contribution in [3.8, 4) is 0 Å². The molecule has 6 heteroatoms. The van der Waals surface area contributed by atoms with Crippen LogP contribution in [0.5, 0.6) is 0 Å². The summed E-state index contributed by atoms with van der Waals surface area (Å²) in [7, 11) is 0. The van der Waals surface area contributed by atoms with E-state index in [9.17, 15) is 13.2 Å². The van der Waals surface area contributed by atoms with Crippen molar-refractivity contribution < 1.29 is 13.2 Å². The van der Waals surface area contributed by atoms with Gasteiger partial charge >= 0.3 is 6.18 Å². The van der Waals surface area contributed by atoms with E-state index in [-0.39, 0.29) is 5.56 Å². The maximum atomic E-state index is 12.6. The molecule has 1 unspecified atom stereocenters. The van der Waals surface area contributed by atoms with Crippen molar-refractivity contribution in [1.29, 1.82) is 0 Å².